The fourth-order valence-electron chi connectivity index (χ4n) is 8.63. The molecule has 1 atom stereocenters. The van der Waals surface area contributed by atoms with Crippen molar-refractivity contribution >= 4 is 44.1 Å². The normalized spacial score (nSPS) is 13.9. The summed E-state index contributed by atoms with van der Waals surface area (Å²) in [5, 5.41) is 8.66. The minimum absolute atomic E-state index is 0.102. The van der Waals surface area contributed by atoms with Gasteiger partial charge in [0.2, 0.25) is 0 Å². The second-order valence-electron chi connectivity index (χ2n) is 13.3. The van der Waals surface area contributed by atoms with Gasteiger partial charge in [-0.2, -0.15) is 0 Å². The number of fused-ring (bicyclic) bond motifs is 9. The Kier molecular flexibility index (Phi) is 5.47. The first-order valence-electron chi connectivity index (χ1n) is 17.0. The second-order valence-corrected chi connectivity index (χ2v) is 13.3. The van der Waals surface area contributed by atoms with Crippen LogP contribution in [-0.4, -0.2) is 0 Å². The molecule has 228 valence electrons. The van der Waals surface area contributed by atoms with Crippen LogP contribution in [-0.2, 0) is 0 Å². The van der Waals surface area contributed by atoms with Crippen molar-refractivity contribution in [2.45, 2.75) is 5.92 Å². The SMILES string of the molecule is c1ccc2c(c1)-c1cccc3c(-c4ccccc4C4c5ccccc5-c5ccc(Nc6ccc7oc8ccccc8c7c6)cc54)ccc-2c13. The van der Waals surface area contributed by atoms with Crippen LogP contribution in [0.3, 0.4) is 0 Å². The predicted molar refractivity (Wildman–Crippen MR) is 204 cm³/mol. The molecule has 0 amide bonds. The van der Waals surface area contributed by atoms with Crippen molar-refractivity contribution in [2.24, 2.45) is 0 Å². The number of hydrogen-bond acceptors (Lipinski definition) is 2. The quantitative estimate of drug-likeness (QED) is 0.211. The fraction of sp³-hybridized carbons (Fsp3) is 0.0213. The Morgan fingerprint density at radius 2 is 0.878 bits per heavy atom. The van der Waals surface area contributed by atoms with Crippen molar-refractivity contribution in [1.29, 1.82) is 0 Å². The zero-order valence-electron chi connectivity index (χ0n) is 26.6. The minimum atomic E-state index is 0.102. The van der Waals surface area contributed by atoms with Crippen LogP contribution in [0.4, 0.5) is 11.4 Å². The fourth-order valence-corrected chi connectivity index (χ4v) is 8.63. The summed E-state index contributed by atoms with van der Waals surface area (Å²) in [6, 6.07) is 59.7. The highest BCUT2D eigenvalue weighted by Crippen LogP contribution is 2.53. The van der Waals surface area contributed by atoms with Crippen molar-refractivity contribution < 1.29 is 4.42 Å². The van der Waals surface area contributed by atoms with Gasteiger partial charge < -0.3 is 9.73 Å². The van der Waals surface area contributed by atoms with E-state index in [4.69, 9.17) is 4.42 Å². The van der Waals surface area contributed by atoms with Crippen molar-refractivity contribution in [3.05, 3.63) is 180 Å². The van der Waals surface area contributed by atoms with E-state index in [1.165, 1.54) is 72.0 Å². The molecule has 1 heterocycles. The van der Waals surface area contributed by atoms with E-state index < -0.39 is 0 Å². The van der Waals surface area contributed by atoms with Gasteiger partial charge in [0.15, 0.2) is 0 Å². The van der Waals surface area contributed by atoms with Crippen molar-refractivity contribution in [3.8, 4) is 44.5 Å². The highest BCUT2D eigenvalue weighted by Gasteiger charge is 2.32. The molecule has 0 spiro atoms. The summed E-state index contributed by atoms with van der Waals surface area (Å²) < 4.78 is 6.10. The molecule has 8 aromatic carbocycles. The van der Waals surface area contributed by atoms with Crippen LogP contribution < -0.4 is 5.32 Å². The molecule has 0 aliphatic heterocycles. The molecule has 0 saturated carbocycles. The molecular weight excluding hydrogens is 595 g/mol. The van der Waals surface area contributed by atoms with E-state index in [1.807, 2.05) is 12.1 Å². The molecule has 49 heavy (non-hydrogen) atoms. The number of para-hydroxylation sites is 1. The van der Waals surface area contributed by atoms with Crippen molar-refractivity contribution in [3.63, 3.8) is 0 Å². The molecule has 0 saturated heterocycles. The highest BCUT2D eigenvalue weighted by atomic mass is 16.3. The maximum Gasteiger partial charge on any atom is 0.135 e. The minimum Gasteiger partial charge on any atom is -0.456 e. The van der Waals surface area contributed by atoms with Crippen LogP contribution in [0, 0.1) is 0 Å². The van der Waals surface area contributed by atoms with E-state index in [2.05, 4.69) is 157 Å². The average Bonchev–Trinajstić information content (AvgIpc) is 3.80. The van der Waals surface area contributed by atoms with Gasteiger partial charge in [0.05, 0.1) is 0 Å². The van der Waals surface area contributed by atoms with E-state index in [0.717, 1.165) is 33.3 Å². The van der Waals surface area contributed by atoms with Gasteiger partial charge in [0, 0.05) is 28.1 Å². The molecule has 9 aromatic rings. The van der Waals surface area contributed by atoms with Gasteiger partial charge in [0.25, 0.3) is 0 Å². The third-order valence-corrected chi connectivity index (χ3v) is 10.7. The zero-order valence-corrected chi connectivity index (χ0v) is 26.6. The Morgan fingerprint density at radius 3 is 1.69 bits per heavy atom. The Balaban J connectivity index is 1.06. The summed E-state index contributed by atoms with van der Waals surface area (Å²) in [5.41, 5.74) is 18.4. The van der Waals surface area contributed by atoms with Crippen LogP contribution in [0.2, 0.25) is 0 Å². The molecule has 2 aliphatic carbocycles. The van der Waals surface area contributed by atoms with E-state index in [-0.39, 0.29) is 5.92 Å². The molecule has 1 aromatic heterocycles. The molecule has 0 radical (unpaired) electrons. The lowest BCUT2D eigenvalue weighted by Gasteiger charge is -2.21. The number of benzene rings is 8. The number of anilines is 2. The molecule has 2 nitrogen and oxygen atoms in total. The number of nitrogens with one attached hydrogen (secondary N) is 1. The highest BCUT2D eigenvalue weighted by molar-refractivity contribution is 6.18. The summed E-state index contributed by atoms with van der Waals surface area (Å²) >= 11 is 0. The van der Waals surface area contributed by atoms with Gasteiger partial charge in [-0.05, 0) is 108 Å². The third kappa shape index (κ3) is 3.83. The van der Waals surface area contributed by atoms with Crippen LogP contribution in [0.15, 0.2) is 168 Å². The van der Waals surface area contributed by atoms with Gasteiger partial charge in [-0.1, -0.05) is 127 Å². The maximum atomic E-state index is 6.10. The summed E-state index contributed by atoms with van der Waals surface area (Å²) in [6.45, 7) is 0. The summed E-state index contributed by atoms with van der Waals surface area (Å²) in [5.74, 6) is 0.102. The molecule has 1 unspecified atom stereocenters. The van der Waals surface area contributed by atoms with Gasteiger partial charge >= 0.3 is 0 Å². The lowest BCUT2D eigenvalue weighted by Crippen LogP contribution is -2.02. The average molecular weight is 624 g/mol. The van der Waals surface area contributed by atoms with Crippen LogP contribution >= 0.6 is 0 Å². The Labute approximate surface area is 283 Å². The van der Waals surface area contributed by atoms with Gasteiger partial charge in [-0.25, -0.2) is 0 Å². The lowest BCUT2D eigenvalue weighted by molar-refractivity contribution is 0.669. The van der Waals surface area contributed by atoms with Gasteiger partial charge in [0.1, 0.15) is 11.2 Å². The van der Waals surface area contributed by atoms with Crippen molar-refractivity contribution in [2.75, 3.05) is 5.32 Å². The first kappa shape index (κ1) is 26.7. The predicted octanol–water partition coefficient (Wildman–Crippen LogP) is 13.0. The summed E-state index contributed by atoms with van der Waals surface area (Å²) in [6.07, 6.45) is 0. The Morgan fingerprint density at radius 1 is 0.347 bits per heavy atom. The molecule has 11 rings (SSSR count). The molecule has 1 N–H and O–H groups in total. The van der Waals surface area contributed by atoms with E-state index in [9.17, 15) is 0 Å². The Bertz CT molecular complexity index is 2790. The van der Waals surface area contributed by atoms with Gasteiger partial charge in [-0.15, -0.1) is 0 Å². The third-order valence-electron chi connectivity index (χ3n) is 10.7. The smallest absolute Gasteiger partial charge is 0.135 e. The summed E-state index contributed by atoms with van der Waals surface area (Å²) in [7, 11) is 0. The van der Waals surface area contributed by atoms with Crippen LogP contribution in [0.5, 0.6) is 0 Å². The second kappa shape index (κ2) is 10.1. The van der Waals surface area contributed by atoms with Crippen LogP contribution in [0.1, 0.15) is 22.6 Å². The standard InChI is InChI=1S/C47H29NO/c1-2-11-31-30(10-1)39-17-9-18-40-34(23-24-41(31)46(39)40)32-12-3-5-15-37(32)47-38-16-6-4-13-33(38)35-22-20-28(27-43(35)47)48-29-21-25-45-42(26-29)36-14-7-8-19-44(36)49-45/h1-27,47-48H. The molecule has 0 fully saturated rings. The molecular formula is C47H29NO. The number of rotatable bonds is 4. The largest absolute Gasteiger partial charge is 0.456 e. The number of furan rings is 1. The molecule has 2 aliphatic rings. The number of hydrogen-bond donors (Lipinski definition) is 1. The van der Waals surface area contributed by atoms with Crippen molar-refractivity contribution in [1.82, 2.24) is 0 Å². The van der Waals surface area contributed by atoms with Gasteiger partial charge in [-0.3, -0.25) is 0 Å². The maximum absolute atomic E-state index is 6.10. The lowest BCUT2D eigenvalue weighted by atomic mass is 9.83. The zero-order chi connectivity index (χ0) is 32.1. The Hall–Kier alpha value is -6.38. The monoisotopic (exact) mass is 623 g/mol. The van der Waals surface area contributed by atoms with E-state index in [0.29, 0.717) is 0 Å². The molecule has 2 heteroatoms. The van der Waals surface area contributed by atoms with Crippen LogP contribution in [0.25, 0.3) is 77.2 Å². The first-order valence-corrected chi connectivity index (χ1v) is 17.0. The van der Waals surface area contributed by atoms with E-state index in [1.54, 1.807) is 0 Å². The molecule has 0 bridgehead atoms. The van der Waals surface area contributed by atoms with E-state index >= 15 is 0 Å². The topological polar surface area (TPSA) is 25.2 Å². The first-order chi connectivity index (χ1) is 24.3. The summed E-state index contributed by atoms with van der Waals surface area (Å²) in [4.78, 5) is 0.